The Hall–Kier alpha value is -2.70. The first-order valence-electron chi connectivity index (χ1n) is 8.16. The van der Waals surface area contributed by atoms with E-state index in [1.54, 1.807) is 10.6 Å². The van der Waals surface area contributed by atoms with Gasteiger partial charge in [0, 0.05) is 42.2 Å². The van der Waals surface area contributed by atoms with E-state index in [9.17, 15) is 4.79 Å². The van der Waals surface area contributed by atoms with Gasteiger partial charge >= 0.3 is 0 Å². The highest BCUT2D eigenvalue weighted by molar-refractivity contribution is 5.93. The lowest BCUT2D eigenvalue weighted by Gasteiger charge is -2.14. The average molecular weight is 324 g/mol. The van der Waals surface area contributed by atoms with Gasteiger partial charge in [-0.2, -0.15) is 10.2 Å². The third-order valence-electron chi connectivity index (χ3n) is 4.70. The summed E-state index contributed by atoms with van der Waals surface area (Å²) in [6.07, 6.45) is 2.78. The van der Waals surface area contributed by atoms with E-state index in [0.717, 1.165) is 41.3 Å². The van der Waals surface area contributed by atoms with Crippen molar-refractivity contribution in [3.63, 3.8) is 0 Å². The molecular weight excluding hydrogens is 304 g/mol. The molecule has 4 rings (SSSR count). The van der Waals surface area contributed by atoms with E-state index in [4.69, 9.17) is 0 Å². The van der Waals surface area contributed by atoms with E-state index in [2.05, 4.69) is 20.3 Å². The van der Waals surface area contributed by atoms with Crippen LogP contribution in [-0.4, -0.2) is 48.7 Å². The van der Waals surface area contributed by atoms with Crippen LogP contribution in [0.1, 0.15) is 45.5 Å². The van der Waals surface area contributed by atoms with Gasteiger partial charge in [-0.3, -0.25) is 9.89 Å². The van der Waals surface area contributed by atoms with Gasteiger partial charge in [-0.25, -0.2) is 9.50 Å². The summed E-state index contributed by atoms with van der Waals surface area (Å²) in [5, 5.41) is 11.6. The van der Waals surface area contributed by atoms with Gasteiger partial charge in [0.05, 0.1) is 6.20 Å². The normalized spacial score (nSPS) is 17.8. The second kappa shape index (κ2) is 5.43. The smallest absolute Gasteiger partial charge is 0.274 e. The molecule has 7 nitrogen and oxygen atoms in total. The number of carbonyl (C=O) groups is 1. The Bertz CT molecular complexity index is 924. The van der Waals surface area contributed by atoms with Crippen molar-refractivity contribution in [2.45, 2.75) is 33.1 Å². The lowest BCUT2D eigenvalue weighted by Crippen LogP contribution is -2.29. The van der Waals surface area contributed by atoms with Crippen molar-refractivity contribution in [1.82, 2.24) is 29.7 Å². The maximum atomic E-state index is 12.8. The molecule has 0 radical (unpaired) electrons. The highest BCUT2D eigenvalue weighted by atomic mass is 16.2. The maximum Gasteiger partial charge on any atom is 0.274 e. The van der Waals surface area contributed by atoms with Gasteiger partial charge < -0.3 is 4.90 Å². The number of rotatable bonds is 2. The van der Waals surface area contributed by atoms with Crippen LogP contribution < -0.4 is 0 Å². The molecule has 124 valence electrons. The Morgan fingerprint density at radius 3 is 2.88 bits per heavy atom. The number of fused-ring (bicyclic) bond motifs is 1. The number of hydrogen-bond donors (Lipinski definition) is 1. The Balaban J connectivity index is 1.58. The summed E-state index contributed by atoms with van der Waals surface area (Å²) < 4.78 is 1.73. The maximum absolute atomic E-state index is 12.8. The quantitative estimate of drug-likeness (QED) is 0.782. The largest absolute Gasteiger partial charge is 0.337 e. The molecule has 0 saturated carbocycles. The third-order valence-corrected chi connectivity index (χ3v) is 4.70. The van der Waals surface area contributed by atoms with Crippen LogP contribution in [0.2, 0.25) is 0 Å². The second-order valence-electron chi connectivity index (χ2n) is 6.54. The fraction of sp³-hybridized carbons (Fsp3) is 0.412. The number of aromatic nitrogens is 5. The molecule has 3 aromatic rings. The molecule has 7 heteroatoms. The molecule has 0 bridgehead atoms. The number of H-pyrrole nitrogens is 1. The number of aromatic amines is 1. The molecule has 24 heavy (non-hydrogen) atoms. The molecule has 3 aromatic heterocycles. The zero-order chi connectivity index (χ0) is 16.8. The fourth-order valence-corrected chi connectivity index (χ4v) is 3.50. The van der Waals surface area contributed by atoms with Crippen LogP contribution in [-0.2, 0) is 0 Å². The summed E-state index contributed by atoms with van der Waals surface area (Å²) in [7, 11) is 0. The highest BCUT2D eigenvalue weighted by Crippen LogP contribution is 2.28. The van der Waals surface area contributed by atoms with Gasteiger partial charge in [0.25, 0.3) is 5.91 Å². The Kier molecular flexibility index (Phi) is 3.37. The number of likely N-dealkylation sites (tertiary alicyclic amines) is 1. The van der Waals surface area contributed by atoms with Crippen LogP contribution in [0.25, 0.3) is 5.65 Å². The molecule has 0 aliphatic carbocycles. The third kappa shape index (κ3) is 2.36. The van der Waals surface area contributed by atoms with Crippen molar-refractivity contribution >= 4 is 11.6 Å². The Morgan fingerprint density at radius 1 is 1.29 bits per heavy atom. The number of aryl methyl sites for hydroxylation is 3. The van der Waals surface area contributed by atoms with E-state index in [1.165, 1.54) is 0 Å². The molecular formula is C17H20N6O. The SMILES string of the molecule is Cc1cc(C)n2nc(C(=O)N3CCC(c4[nH]ncc4C)C3)cc2n1. The second-order valence-corrected chi connectivity index (χ2v) is 6.54. The molecule has 1 aliphatic rings. The highest BCUT2D eigenvalue weighted by Gasteiger charge is 2.30. The number of amides is 1. The monoisotopic (exact) mass is 324 g/mol. The van der Waals surface area contributed by atoms with Gasteiger partial charge in [-0.1, -0.05) is 0 Å². The molecule has 1 amide bonds. The van der Waals surface area contributed by atoms with Crippen LogP contribution in [0, 0.1) is 20.8 Å². The Morgan fingerprint density at radius 2 is 2.12 bits per heavy atom. The van der Waals surface area contributed by atoms with Gasteiger partial charge in [0.15, 0.2) is 11.3 Å². The summed E-state index contributed by atoms with van der Waals surface area (Å²) in [5.74, 6) is 0.285. The van der Waals surface area contributed by atoms with E-state index in [0.29, 0.717) is 18.2 Å². The minimum atomic E-state index is -0.0304. The summed E-state index contributed by atoms with van der Waals surface area (Å²) in [6, 6.07) is 3.73. The lowest BCUT2D eigenvalue weighted by atomic mass is 10.0. The molecule has 1 atom stereocenters. The van der Waals surface area contributed by atoms with Crippen LogP contribution in [0.5, 0.6) is 0 Å². The molecule has 1 unspecified atom stereocenters. The van der Waals surface area contributed by atoms with Crippen molar-refractivity contribution in [3.8, 4) is 0 Å². The van der Waals surface area contributed by atoms with Gasteiger partial charge in [-0.05, 0) is 38.8 Å². The van der Waals surface area contributed by atoms with Crippen LogP contribution >= 0.6 is 0 Å². The van der Waals surface area contributed by atoms with Crippen molar-refractivity contribution in [2.24, 2.45) is 0 Å². The van der Waals surface area contributed by atoms with Crippen molar-refractivity contribution < 1.29 is 4.79 Å². The minimum Gasteiger partial charge on any atom is -0.337 e. The average Bonchev–Trinajstić information content (AvgIpc) is 3.24. The summed E-state index contributed by atoms with van der Waals surface area (Å²) in [6.45, 7) is 7.39. The summed E-state index contributed by atoms with van der Waals surface area (Å²) in [5.41, 5.74) is 5.36. The number of carbonyl (C=O) groups excluding carboxylic acids is 1. The molecule has 0 spiro atoms. The van der Waals surface area contributed by atoms with E-state index in [1.807, 2.05) is 37.9 Å². The number of nitrogens with zero attached hydrogens (tertiary/aromatic N) is 5. The van der Waals surface area contributed by atoms with Crippen molar-refractivity contribution in [3.05, 3.63) is 46.7 Å². The molecule has 1 saturated heterocycles. The van der Waals surface area contributed by atoms with Crippen LogP contribution in [0.3, 0.4) is 0 Å². The van der Waals surface area contributed by atoms with Gasteiger partial charge in [0.1, 0.15) is 0 Å². The van der Waals surface area contributed by atoms with Crippen LogP contribution in [0.15, 0.2) is 18.3 Å². The predicted octanol–water partition coefficient (Wildman–Crippen LogP) is 2.01. The first-order chi connectivity index (χ1) is 11.5. The molecule has 1 fully saturated rings. The summed E-state index contributed by atoms with van der Waals surface area (Å²) >= 11 is 0. The standard InChI is InChI=1S/C17H20N6O/c1-10-8-18-20-16(10)13-4-5-22(9-13)17(24)14-7-15-19-11(2)6-12(3)23(15)21-14/h6-8,13H,4-5,9H2,1-3H3,(H,18,20). The molecule has 1 N–H and O–H groups in total. The zero-order valence-electron chi connectivity index (χ0n) is 14.1. The van der Waals surface area contributed by atoms with E-state index < -0.39 is 0 Å². The first kappa shape index (κ1) is 14.9. The lowest BCUT2D eigenvalue weighted by molar-refractivity contribution is 0.0784. The fourth-order valence-electron chi connectivity index (χ4n) is 3.50. The number of hydrogen-bond acceptors (Lipinski definition) is 4. The molecule has 4 heterocycles. The van der Waals surface area contributed by atoms with Gasteiger partial charge in [0.2, 0.25) is 0 Å². The number of nitrogens with one attached hydrogen (secondary N) is 1. The Labute approximate surface area is 139 Å². The van der Waals surface area contributed by atoms with Crippen molar-refractivity contribution in [2.75, 3.05) is 13.1 Å². The first-order valence-corrected chi connectivity index (χ1v) is 8.16. The predicted molar refractivity (Wildman–Crippen MR) is 89.0 cm³/mol. The zero-order valence-corrected chi connectivity index (χ0v) is 14.1. The van der Waals surface area contributed by atoms with E-state index in [-0.39, 0.29) is 5.91 Å². The van der Waals surface area contributed by atoms with Gasteiger partial charge in [-0.15, -0.1) is 0 Å². The molecule has 1 aliphatic heterocycles. The van der Waals surface area contributed by atoms with E-state index >= 15 is 0 Å². The molecule has 0 aromatic carbocycles. The van der Waals surface area contributed by atoms with Crippen LogP contribution in [0.4, 0.5) is 0 Å². The minimum absolute atomic E-state index is 0.0304. The topological polar surface area (TPSA) is 79.2 Å². The van der Waals surface area contributed by atoms with Crippen molar-refractivity contribution in [1.29, 1.82) is 0 Å². The summed E-state index contributed by atoms with van der Waals surface area (Å²) in [4.78, 5) is 19.1.